The second kappa shape index (κ2) is 11.0. The molecule has 0 fully saturated rings. The number of rotatable bonds is 9. The Hall–Kier alpha value is -2.57. The van der Waals surface area contributed by atoms with Gasteiger partial charge in [0.25, 0.3) is 0 Å². The molecular formula is C26H28ClFN2O2S. The normalized spacial score (nSPS) is 13.2. The molecule has 0 saturated heterocycles. The van der Waals surface area contributed by atoms with Crippen molar-refractivity contribution in [3.8, 4) is 0 Å². The zero-order chi connectivity index (χ0) is 24.1. The third-order valence-electron chi connectivity index (χ3n) is 5.62. The first kappa shape index (κ1) is 25.1. The summed E-state index contributed by atoms with van der Waals surface area (Å²) in [6.45, 7) is 6.33. The average molecular weight is 487 g/mol. The van der Waals surface area contributed by atoms with Gasteiger partial charge in [-0.1, -0.05) is 61.8 Å². The number of carbonyl (C=O) groups is 1. The van der Waals surface area contributed by atoms with Crippen LogP contribution < -0.4 is 0 Å². The SMILES string of the molecule is CCCC(C=C(C=NC)n1c(C)c(Sc2cccc(C(=O)O)c2F)c2ccc(Cl)cc21)CC. The maximum Gasteiger partial charge on any atom is 0.338 e. The lowest BCUT2D eigenvalue weighted by molar-refractivity contribution is 0.0691. The number of hydrogen-bond acceptors (Lipinski definition) is 3. The third kappa shape index (κ3) is 5.33. The Balaban J connectivity index is 2.24. The van der Waals surface area contributed by atoms with Crippen LogP contribution in [0.25, 0.3) is 16.6 Å². The number of benzene rings is 2. The van der Waals surface area contributed by atoms with Gasteiger partial charge in [0.2, 0.25) is 0 Å². The Morgan fingerprint density at radius 1 is 1.30 bits per heavy atom. The highest BCUT2D eigenvalue weighted by Gasteiger charge is 2.21. The molecule has 3 rings (SSSR count). The van der Waals surface area contributed by atoms with E-state index in [0.717, 1.165) is 46.5 Å². The van der Waals surface area contributed by atoms with Crippen molar-refractivity contribution in [2.45, 2.75) is 49.8 Å². The highest BCUT2D eigenvalue weighted by atomic mass is 35.5. The van der Waals surface area contributed by atoms with Gasteiger partial charge in [-0.05, 0) is 49.9 Å². The van der Waals surface area contributed by atoms with Gasteiger partial charge in [0.05, 0.1) is 16.8 Å². The van der Waals surface area contributed by atoms with Crippen LogP contribution in [0.5, 0.6) is 0 Å². The van der Waals surface area contributed by atoms with Gasteiger partial charge in [-0.15, -0.1) is 0 Å². The number of fused-ring (bicyclic) bond motifs is 1. The predicted octanol–water partition coefficient (Wildman–Crippen LogP) is 7.96. The molecule has 1 atom stereocenters. The van der Waals surface area contributed by atoms with Gasteiger partial charge in [-0.2, -0.15) is 0 Å². The quantitative estimate of drug-likeness (QED) is 0.312. The first-order valence-electron chi connectivity index (χ1n) is 11.0. The second-order valence-corrected chi connectivity index (χ2v) is 9.36. The Morgan fingerprint density at radius 2 is 2.06 bits per heavy atom. The van der Waals surface area contributed by atoms with E-state index in [-0.39, 0.29) is 10.5 Å². The highest BCUT2D eigenvalue weighted by molar-refractivity contribution is 7.99. The van der Waals surface area contributed by atoms with Gasteiger partial charge in [0, 0.05) is 39.2 Å². The minimum Gasteiger partial charge on any atom is -0.478 e. The molecule has 2 aromatic carbocycles. The molecule has 0 aliphatic carbocycles. The Morgan fingerprint density at radius 3 is 2.70 bits per heavy atom. The molecule has 0 amide bonds. The lowest BCUT2D eigenvalue weighted by atomic mass is 9.99. The van der Waals surface area contributed by atoms with Crippen LogP contribution in [0.4, 0.5) is 4.39 Å². The summed E-state index contributed by atoms with van der Waals surface area (Å²) < 4.78 is 17.0. The van der Waals surface area contributed by atoms with Crippen LogP contribution in [0.1, 0.15) is 49.2 Å². The molecule has 0 spiro atoms. The molecule has 174 valence electrons. The number of nitrogens with zero attached hydrogens (tertiary/aromatic N) is 2. The summed E-state index contributed by atoms with van der Waals surface area (Å²) in [7, 11) is 1.74. The fourth-order valence-corrected chi connectivity index (χ4v) is 5.26. The van der Waals surface area contributed by atoms with Crippen LogP contribution >= 0.6 is 23.4 Å². The number of carboxylic acids is 1. The molecule has 0 aliphatic rings. The summed E-state index contributed by atoms with van der Waals surface area (Å²) in [4.78, 5) is 16.8. The molecule has 0 saturated carbocycles. The number of aromatic nitrogens is 1. The van der Waals surface area contributed by atoms with Gasteiger partial charge in [-0.3, -0.25) is 4.99 Å². The molecule has 1 unspecified atom stereocenters. The first-order valence-corrected chi connectivity index (χ1v) is 12.2. The summed E-state index contributed by atoms with van der Waals surface area (Å²) in [6, 6.07) is 10.1. The Kier molecular flexibility index (Phi) is 8.38. The summed E-state index contributed by atoms with van der Waals surface area (Å²) in [5, 5.41) is 10.8. The van der Waals surface area contributed by atoms with E-state index in [9.17, 15) is 14.3 Å². The Bertz CT molecular complexity index is 1230. The van der Waals surface area contributed by atoms with E-state index in [1.165, 1.54) is 17.8 Å². The van der Waals surface area contributed by atoms with Crippen molar-refractivity contribution in [1.29, 1.82) is 0 Å². The van der Waals surface area contributed by atoms with E-state index in [1.807, 2.05) is 31.3 Å². The highest BCUT2D eigenvalue weighted by Crippen LogP contribution is 2.41. The molecule has 3 aromatic rings. The van der Waals surface area contributed by atoms with Crippen LogP contribution in [0.15, 0.2) is 57.3 Å². The van der Waals surface area contributed by atoms with Crippen molar-refractivity contribution >= 4 is 52.1 Å². The number of halogens is 2. The molecule has 7 heteroatoms. The van der Waals surface area contributed by atoms with Crippen LogP contribution in [0.3, 0.4) is 0 Å². The van der Waals surface area contributed by atoms with Crippen molar-refractivity contribution in [2.24, 2.45) is 10.9 Å². The van der Waals surface area contributed by atoms with E-state index in [1.54, 1.807) is 19.2 Å². The van der Waals surface area contributed by atoms with E-state index in [2.05, 4.69) is 29.5 Å². The second-order valence-electron chi connectivity index (χ2n) is 7.87. The van der Waals surface area contributed by atoms with Gasteiger partial charge in [0.1, 0.15) is 0 Å². The van der Waals surface area contributed by atoms with E-state index < -0.39 is 11.8 Å². The predicted molar refractivity (Wildman–Crippen MR) is 137 cm³/mol. The van der Waals surface area contributed by atoms with Gasteiger partial charge < -0.3 is 9.67 Å². The topological polar surface area (TPSA) is 54.6 Å². The summed E-state index contributed by atoms with van der Waals surface area (Å²) in [5.74, 6) is -1.62. The summed E-state index contributed by atoms with van der Waals surface area (Å²) in [6.07, 6.45) is 7.26. The zero-order valence-electron chi connectivity index (χ0n) is 19.2. The molecule has 33 heavy (non-hydrogen) atoms. The standard InChI is InChI=1S/C26H28ClFN2O2S/c1-5-8-17(6-2)13-19(15-29-4)30-16(3)25(20-12-11-18(27)14-22(20)30)33-23-10-7-9-21(24(23)28)26(31)32/h7,9-15,17H,5-6,8H2,1-4H3,(H,31,32). The molecule has 1 heterocycles. The number of hydrogen-bond donors (Lipinski definition) is 1. The monoisotopic (exact) mass is 486 g/mol. The number of aromatic carboxylic acids is 1. The minimum atomic E-state index is -1.29. The first-order chi connectivity index (χ1) is 15.8. The summed E-state index contributed by atoms with van der Waals surface area (Å²) in [5.41, 5.74) is 2.41. The number of carboxylic acid groups (broad SMARTS) is 1. The van der Waals surface area contributed by atoms with Crippen LogP contribution in [0.2, 0.25) is 5.02 Å². The minimum absolute atomic E-state index is 0.263. The van der Waals surface area contributed by atoms with Crippen molar-refractivity contribution in [2.75, 3.05) is 7.05 Å². The molecule has 0 radical (unpaired) electrons. The number of allylic oxidation sites excluding steroid dienone is 2. The summed E-state index contributed by atoms with van der Waals surface area (Å²) >= 11 is 7.58. The molecule has 4 nitrogen and oxygen atoms in total. The smallest absolute Gasteiger partial charge is 0.338 e. The van der Waals surface area contributed by atoms with E-state index in [0.29, 0.717) is 10.9 Å². The lowest BCUT2D eigenvalue weighted by Crippen LogP contribution is -2.05. The van der Waals surface area contributed by atoms with Gasteiger partial charge in [-0.25, -0.2) is 9.18 Å². The fourth-order valence-electron chi connectivity index (χ4n) is 4.01. The molecule has 1 aromatic heterocycles. The molecular weight excluding hydrogens is 459 g/mol. The average Bonchev–Trinajstić information content (AvgIpc) is 3.04. The fraction of sp³-hybridized carbons (Fsp3) is 0.308. The molecule has 0 aliphatic heterocycles. The lowest BCUT2D eigenvalue weighted by Gasteiger charge is -2.15. The zero-order valence-corrected chi connectivity index (χ0v) is 20.8. The van der Waals surface area contributed by atoms with Crippen molar-refractivity contribution in [1.82, 2.24) is 4.57 Å². The Labute approximate surface area is 203 Å². The third-order valence-corrected chi connectivity index (χ3v) is 7.11. The van der Waals surface area contributed by atoms with Crippen molar-refractivity contribution < 1.29 is 14.3 Å². The van der Waals surface area contributed by atoms with E-state index >= 15 is 0 Å². The molecule has 0 bridgehead atoms. The van der Waals surface area contributed by atoms with Gasteiger partial charge >= 0.3 is 5.97 Å². The van der Waals surface area contributed by atoms with Gasteiger partial charge in [0.15, 0.2) is 5.82 Å². The maximum absolute atomic E-state index is 14.9. The van der Waals surface area contributed by atoms with Crippen molar-refractivity contribution in [3.63, 3.8) is 0 Å². The van der Waals surface area contributed by atoms with Crippen LogP contribution in [-0.2, 0) is 0 Å². The van der Waals surface area contributed by atoms with Crippen LogP contribution in [0, 0.1) is 18.7 Å². The largest absolute Gasteiger partial charge is 0.478 e. The van der Waals surface area contributed by atoms with Crippen molar-refractivity contribution in [3.05, 3.63) is 64.6 Å². The van der Waals surface area contributed by atoms with E-state index in [4.69, 9.17) is 11.6 Å². The maximum atomic E-state index is 14.9. The number of aliphatic imine (C=N–C) groups is 1. The molecule has 1 N–H and O–H groups in total. The van der Waals surface area contributed by atoms with Crippen LogP contribution in [-0.4, -0.2) is 28.9 Å².